The lowest BCUT2D eigenvalue weighted by atomic mass is 9.67. The van der Waals surface area contributed by atoms with E-state index in [1.165, 1.54) is 18.2 Å². The SMILES string of the molecule is COC(=O)c1ccc2c(c1)CC[C@@]1(CCCNC1=O)C2. The van der Waals surface area contributed by atoms with Crippen LogP contribution in [0.2, 0.25) is 0 Å². The molecule has 106 valence electrons. The second-order valence-corrected chi connectivity index (χ2v) is 5.79. The first-order chi connectivity index (χ1) is 9.64. The van der Waals surface area contributed by atoms with Gasteiger partial charge in [0.25, 0.3) is 0 Å². The van der Waals surface area contributed by atoms with E-state index in [2.05, 4.69) is 5.32 Å². The van der Waals surface area contributed by atoms with Crippen LogP contribution in [0.25, 0.3) is 0 Å². The summed E-state index contributed by atoms with van der Waals surface area (Å²) in [6.07, 6.45) is 4.54. The molecule has 0 radical (unpaired) electrons. The van der Waals surface area contributed by atoms with Crippen LogP contribution >= 0.6 is 0 Å². The smallest absolute Gasteiger partial charge is 0.337 e. The van der Waals surface area contributed by atoms with Crippen LogP contribution in [0.1, 0.15) is 40.7 Å². The summed E-state index contributed by atoms with van der Waals surface area (Å²) in [6, 6.07) is 5.68. The Kier molecular flexibility index (Phi) is 3.24. The van der Waals surface area contributed by atoms with E-state index in [4.69, 9.17) is 4.74 Å². The second-order valence-electron chi connectivity index (χ2n) is 5.79. The molecule has 20 heavy (non-hydrogen) atoms. The number of methoxy groups -OCH3 is 1. The van der Waals surface area contributed by atoms with Crippen LogP contribution in [0.15, 0.2) is 18.2 Å². The highest BCUT2D eigenvalue weighted by Crippen LogP contribution is 2.41. The molecule has 4 heteroatoms. The summed E-state index contributed by atoms with van der Waals surface area (Å²) in [6.45, 7) is 0.800. The number of piperidine rings is 1. The lowest BCUT2D eigenvalue weighted by Crippen LogP contribution is -2.48. The predicted molar refractivity (Wildman–Crippen MR) is 74.5 cm³/mol. The maximum Gasteiger partial charge on any atom is 0.337 e. The van der Waals surface area contributed by atoms with Gasteiger partial charge < -0.3 is 10.1 Å². The summed E-state index contributed by atoms with van der Waals surface area (Å²) >= 11 is 0. The summed E-state index contributed by atoms with van der Waals surface area (Å²) in [7, 11) is 1.39. The van der Waals surface area contributed by atoms with Crippen molar-refractivity contribution in [1.82, 2.24) is 5.32 Å². The first-order valence-electron chi connectivity index (χ1n) is 7.13. The molecule has 1 fully saturated rings. The number of benzene rings is 1. The number of carbonyl (C=O) groups is 2. The van der Waals surface area contributed by atoms with Crippen molar-refractivity contribution in [1.29, 1.82) is 0 Å². The Bertz CT molecular complexity index is 567. The first-order valence-corrected chi connectivity index (χ1v) is 7.13. The molecule has 1 atom stereocenters. The molecule has 1 aromatic carbocycles. The number of aryl methyl sites for hydroxylation is 1. The zero-order valence-electron chi connectivity index (χ0n) is 11.7. The number of ether oxygens (including phenoxy) is 1. The van der Waals surface area contributed by atoms with Crippen LogP contribution in [0, 0.1) is 5.41 Å². The Hall–Kier alpha value is -1.84. The molecule has 0 unspecified atom stereocenters. The van der Waals surface area contributed by atoms with Crippen molar-refractivity contribution >= 4 is 11.9 Å². The fourth-order valence-electron chi connectivity index (χ4n) is 3.44. The lowest BCUT2D eigenvalue weighted by Gasteiger charge is -2.39. The topological polar surface area (TPSA) is 55.4 Å². The van der Waals surface area contributed by atoms with Gasteiger partial charge in [-0.05, 0) is 55.4 Å². The van der Waals surface area contributed by atoms with E-state index >= 15 is 0 Å². The van der Waals surface area contributed by atoms with Gasteiger partial charge in [-0.15, -0.1) is 0 Å². The molecule has 1 saturated heterocycles. The maximum absolute atomic E-state index is 12.2. The lowest BCUT2D eigenvalue weighted by molar-refractivity contribution is -0.134. The van der Waals surface area contributed by atoms with E-state index in [9.17, 15) is 9.59 Å². The van der Waals surface area contributed by atoms with Gasteiger partial charge >= 0.3 is 5.97 Å². The highest BCUT2D eigenvalue weighted by molar-refractivity contribution is 5.90. The molecule has 1 aromatic rings. The second kappa shape index (κ2) is 4.93. The Morgan fingerprint density at radius 1 is 1.30 bits per heavy atom. The predicted octanol–water partition coefficient (Wildman–Crippen LogP) is 1.86. The zero-order valence-corrected chi connectivity index (χ0v) is 11.7. The summed E-state index contributed by atoms with van der Waals surface area (Å²) in [5, 5.41) is 3.00. The summed E-state index contributed by atoms with van der Waals surface area (Å²) in [5.41, 5.74) is 2.74. The molecule has 1 heterocycles. The molecule has 1 spiro atoms. The Balaban J connectivity index is 1.89. The highest BCUT2D eigenvalue weighted by atomic mass is 16.5. The average molecular weight is 273 g/mol. The van der Waals surface area contributed by atoms with Crippen LogP contribution in [0.4, 0.5) is 0 Å². The van der Waals surface area contributed by atoms with E-state index in [-0.39, 0.29) is 17.3 Å². The number of amides is 1. The highest BCUT2D eigenvalue weighted by Gasteiger charge is 2.42. The third kappa shape index (κ3) is 2.09. The summed E-state index contributed by atoms with van der Waals surface area (Å²) in [4.78, 5) is 23.8. The number of carbonyl (C=O) groups excluding carboxylic acids is 2. The van der Waals surface area contributed by atoms with Gasteiger partial charge in [0.15, 0.2) is 0 Å². The van der Waals surface area contributed by atoms with Gasteiger partial charge in [-0.2, -0.15) is 0 Å². The quantitative estimate of drug-likeness (QED) is 0.795. The van der Waals surface area contributed by atoms with E-state index in [0.29, 0.717) is 5.56 Å². The van der Waals surface area contributed by atoms with E-state index in [1.54, 1.807) is 6.07 Å². The molecule has 0 aromatic heterocycles. The Morgan fingerprint density at radius 2 is 2.15 bits per heavy atom. The number of hydrogen-bond donors (Lipinski definition) is 1. The van der Waals surface area contributed by atoms with Crippen molar-refractivity contribution in [2.75, 3.05) is 13.7 Å². The molecule has 3 rings (SSSR count). The molecule has 1 N–H and O–H groups in total. The molecule has 2 aliphatic rings. The van der Waals surface area contributed by atoms with Crippen LogP contribution < -0.4 is 5.32 Å². The molecule has 1 aliphatic heterocycles. The van der Waals surface area contributed by atoms with Crippen LogP contribution in [0.5, 0.6) is 0 Å². The normalized spacial score (nSPS) is 24.9. The van der Waals surface area contributed by atoms with Crippen molar-refractivity contribution < 1.29 is 14.3 Å². The molecular weight excluding hydrogens is 254 g/mol. The number of fused-ring (bicyclic) bond motifs is 1. The maximum atomic E-state index is 12.2. The Morgan fingerprint density at radius 3 is 2.90 bits per heavy atom. The summed E-state index contributed by atoms with van der Waals surface area (Å²) in [5.74, 6) is -0.102. The van der Waals surface area contributed by atoms with E-state index in [1.807, 2.05) is 12.1 Å². The van der Waals surface area contributed by atoms with Gasteiger partial charge in [0.05, 0.1) is 18.1 Å². The fourth-order valence-corrected chi connectivity index (χ4v) is 3.44. The first kappa shape index (κ1) is 13.2. The molecule has 0 saturated carbocycles. The van der Waals surface area contributed by atoms with Crippen LogP contribution in [-0.4, -0.2) is 25.5 Å². The number of esters is 1. The molecular formula is C16H19NO3. The minimum Gasteiger partial charge on any atom is -0.465 e. The minimum atomic E-state index is -0.302. The van der Waals surface area contributed by atoms with Gasteiger partial charge in [0, 0.05) is 6.54 Å². The van der Waals surface area contributed by atoms with Gasteiger partial charge in [-0.25, -0.2) is 4.79 Å². The van der Waals surface area contributed by atoms with Gasteiger partial charge in [0.1, 0.15) is 0 Å². The third-order valence-corrected chi connectivity index (χ3v) is 4.63. The molecule has 0 bridgehead atoms. The standard InChI is InChI=1S/C16H19NO3/c1-20-14(18)12-3-4-13-10-16(7-5-11(13)9-12)6-2-8-17-15(16)19/h3-4,9H,2,5-8,10H2,1H3,(H,17,19)/t16-/m0/s1. The largest absolute Gasteiger partial charge is 0.465 e. The van der Waals surface area contributed by atoms with Gasteiger partial charge in [0.2, 0.25) is 5.91 Å². The van der Waals surface area contributed by atoms with Gasteiger partial charge in [-0.3, -0.25) is 4.79 Å². The number of hydrogen-bond acceptors (Lipinski definition) is 3. The zero-order chi connectivity index (χ0) is 14.2. The minimum absolute atomic E-state index is 0.200. The summed E-state index contributed by atoms with van der Waals surface area (Å²) < 4.78 is 4.75. The molecule has 1 amide bonds. The van der Waals surface area contributed by atoms with Crippen molar-refractivity contribution in [2.24, 2.45) is 5.41 Å². The molecule has 4 nitrogen and oxygen atoms in total. The van der Waals surface area contributed by atoms with Crippen LogP contribution in [0.3, 0.4) is 0 Å². The van der Waals surface area contributed by atoms with Crippen molar-refractivity contribution in [2.45, 2.75) is 32.1 Å². The van der Waals surface area contributed by atoms with Crippen molar-refractivity contribution in [3.05, 3.63) is 34.9 Å². The van der Waals surface area contributed by atoms with Crippen molar-refractivity contribution in [3.8, 4) is 0 Å². The van der Waals surface area contributed by atoms with E-state index in [0.717, 1.165) is 38.6 Å². The van der Waals surface area contributed by atoms with Gasteiger partial charge in [-0.1, -0.05) is 6.07 Å². The third-order valence-electron chi connectivity index (χ3n) is 4.63. The van der Waals surface area contributed by atoms with E-state index < -0.39 is 0 Å². The fraction of sp³-hybridized carbons (Fsp3) is 0.500. The van der Waals surface area contributed by atoms with Crippen molar-refractivity contribution in [3.63, 3.8) is 0 Å². The Labute approximate surface area is 118 Å². The molecule has 1 aliphatic carbocycles. The number of nitrogens with one attached hydrogen (secondary N) is 1. The monoisotopic (exact) mass is 273 g/mol. The number of rotatable bonds is 1. The average Bonchev–Trinajstić information content (AvgIpc) is 2.49. The van der Waals surface area contributed by atoms with Crippen LogP contribution in [-0.2, 0) is 22.4 Å².